The van der Waals surface area contributed by atoms with E-state index in [-0.39, 0.29) is 5.78 Å². The first kappa shape index (κ1) is 11.1. The number of ketones is 1. The van der Waals surface area contributed by atoms with Crippen LogP contribution in [-0.2, 0) is 0 Å². The van der Waals surface area contributed by atoms with Crippen LogP contribution in [0.3, 0.4) is 0 Å². The molecule has 15 heavy (non-hydrogen) atoms. The first-order chi connectivity index (χ1) is 7.18. The summed E-state index contributed by atoms with van der Waals surface area (Å²) in [7, 11) is 0. The molecule has 0 spiro atoms. The van der Waals surface area contributed by atoms with Crippen molar-refractivity contribution in [1.82, 2.24) is 5.32 Å². The zero-order chi connectivity index (χ0) is 10.8. The summed E-state index contributed by atoms with van der Waals surface area (Å²) >= 11 is 9.36. The van der Waals surface area contributed by atoms with Crippen molar-refractivity contribution >= 4 is 33.3 Å². The fourth-order valence-corrected chi connectivity index (χ4v) is 2.60. The maximum atomic E-state index is 11.9. The molecule has 1 aliphatic heterocycles. The fourth-order valence-electron chi connectivity index (χ4n) is 1.62. The van der Waals surface area contributed by atoms with Crippen LogP contribution in [0.2, 0.25) is 5.02 Å². The highest BCUT2D eigenvalue weighted by Crippen LogP contribution is 2.27. The molecule has 1 N–H and O–H groups in total. The smallest absolute Gasteiger partial charge is 0.165 e. The lowest BCUT2D eigenvalue weighted by molar-refractivity contribution is 0.0945. The van der Waals surface area contributed by atoms with Crippen LogP contribution in [0.4, 0.5) is 0 Å². The van der Waals surface area contributed by atoms with Gasteiger partial charge >= 0.3 is 0 Å². The van der Waals surface area contributed by atoms with Gasteiger partial charge in [-0.1, -0.05) is 17.7 Å². The number of hydrogen-bond acceptors (Lipinski definition) is 2. The number of nitrogens with one attached hydrogen (secondary N) is 1. The Morgan fingerprint density at radius 3 is 2.80 bits per heavy atom. The Labute approximate surface area is 102 Å². The number of rotatable bonds is 3. The van der Waals surface area contributed by atoms with Gasteiger partial charge < -0.3 is 5.32 Å². The normalized spacial score (nSPS) is 16.1. The second kappa shape index (κ2) is 4.64. The van der Waals surface area contributed by atoms with E-state index in [1.54, 1.807) is 6.07 Å². The van der Waals surface area contributed by atoms with E-state index in [9.17, 15) is 4.79 Å². The summed E-state index contributed by atoms with van der Waals surface area (Å²) in [6, 6.07) is 5.42. The molecule has 1 fully saturated rings. The monoisotopic (exact) mass is 287 g/mol. The molecule has 0 amide bonds. The van der Waals surface area contributed by atoms with Gasteiger partial charge in [-0.25, -0.2) is 0 Å². The van der Waals surface area contributed by atoms with Crippen molar-refractivity contribution < 1.29 is 4.79 Å². The Balaban J connectivity index is 2.16. The van der Waals surface area contributed by atoms with Gasteiger partial charge in [0.15, 0.2) is 5.78 Å². The zero-order valence-electron chi connectivity index (χ0n) is 8.09. The average molecular weight is 289 g/mol. The van der Waals surface area contributed by atoms with Gasteiger partial charge in [-0.2, -0.15) is 0 Å². The quantitative estimate of drug-likeness (QED) is 0.867. The second-order valence-corrected chi connectivity index (χ2v) is 5.01. The molecule has 2 rings (SSSR count). The van der Waals surface area contributed by atoms with Crippen molar-refractivity contribution in [2.45, 2.75) is 6.42 Å². The molecule has 1 aliphatic rings. The van der Waals surface area contributed by atoms with Gasteiger partial charge in [0.2, 0.25) is 0 Å². The van der Waals surface area contributed by atoms with Crippen molar-refractivity contribution in [2.75, 3.05) is 13.1 Å². The first-order valence-electron chi connectivity index (χ1n) is 4.86. The van der Waals surface area contributed by atoms with E-state index in [2.05, 4.69) is 21.2 Å². The van der Waals surface area contributed by atoms with E-state index in [4.69, 9.17) is 11.6 Å². The highest BCUT2D eigenvalue weighted by Gasteiger charge is 2.23. The van der Waals surface area contributed by atoms with Gasteiger partial charge in [-0.05, 0) is 47.1 Å². The van der Waals surface area contributed by atoms with Crippen LogP contribution in [0, 0.1) is 5.92 Å². The molecule has 1 saturated heterocycles. The highest BCUT2D eigenvalue weighted by molar-refractivity contribution is 9.10. The largest absolute Gasteiger partial charge is 0.316 e. The SMILES string of the molecule is O=C(CC1CNC1)c1c(Cl)cccc1Br. The summed E-state index contributed by atoms with van der Waals surface area (Å²) in [5.41, 5.74) is 0.617. The van der Waals surface area contributed by atoms with Gasteiger partial charge in [0.1, 0.15) is 0 Å². The number of carbonyl (C=O) groups is 1. The highest BCUT2D eigenvalue weighted by atomic mass is 79.9. The van der Waals surface area contributed by atoms with Crippen LogP contribution < -0.4 is 5.32 Å². The van der Waals surface area contributed by atoms with Gasteiger partial charge in [0.25, 0.3) is 0 Å². The molecule has 2 nitrogen and oxygen atoms in total. The predicted molar refractivity (Wildman–Crippen MR) is 64.5 cm³/mol. The van der Waals surface area contributed by atoms with Crippen molar-refractivity contribution in [3.63, 3.8) is 0 Å². The molecule has 1 aromatic carbocycles. The summed E-state index contributed by atoms with van der Waals surface area (Å²) < 4.78 is 0.785. The minimum absolute atomic E-state index is 0.124. The van der Waals surface area contributed by atoms with Crippen molar-refractivity contribution in [3.8, 4) is 0 Å². The second-order valence-electron chi connectivity index (χ2n) is 3.75. The van der Waals surface area contributed by atoms with Gasteiger partial charge in [-0.15, -0.1) is 0 Å². The summed E-state index contributed by atoms with van der Waals surface area (Å²) in [4.78, 5) is 11.9. The Hall–Kier alpha value is -0.380. The van der Waals surface area contributed by atoms with Gasteiger partial charge in [0, 0.05) is 10.9 Å². The molecule has 1 heterocycles. The summed E-state index contributed by atoms with van der Waals surface area (Å²) in [5.74, 6) is 0.597. The van der Waals surface area contributed by atoms with E-state index in [1.165, 1.54) is 0 Å². The van der Waals surface area contributed by atoms with Crippen LogP contribution in [0.1, 0.15) is 16.8 Å². The zero-order valence-corrected chi connectivity index (χ0v) is 10.4. The topological polar surface area (TPSA) is 29.1 Å². The minimum Gasteiger partial charge on any atom is -0.316 e. The molecule has 4 heteroatoms. The molecule has 1 aromatic rings. The maximum absolute atomic E-state index is 11.9. The Morgan fingerprint density at radius 2 is 2.27 bits per heavy atom. The van der Waals surface area contributed by atoms with Crippen LogP contribution in [0.25, 0.3) is 0 Å². The standard InChI is InChI=1S/C11H11BrClNO/c12-8-2-1-3-9(13)11(8)10(15)4-7-5-14-6-7/h1-3,7,14H,4-6H2. The van der Waals surface area contributed by atoms with E-state index >= 15 is 0 Å². The Kier molecular flexibility index (Phi) is 3.44. The molecule has 0 atom stereocenters. The van der Waals surface area contributed by atoms with Gasteiger partial charge in [-0.3, -0.25) is 4.79 Å². The molecular formula is C11H11BrClNO. The van der Waals surface area contributed by atoms with E-state index in [1.807, 2.05) is 12.1 Å². The first-order valence-corrected chi connectivity index (χ1v) is 6.03. The third-order valence-electron chi connectivity index (χ3n) is 2.58. The molecule has 0 unspecified atom stereocenters. The summed E-state index contributed by atoms with van der Waals surface area (Å²) in [6.07, 6.45) is 0.579. The number of hydrogen-bond donors (Lipinski definition) is 1. The van der Waals surface area contributed by atoms with Crippen molar-refractivity contribution in [3.05, 3.63) is 33.3 Å². The number of Topliss-reactive ketones (excluding diaryl/α,β-unsaturated/α-hetero) is 1. The van der Waals surface area contributed by atoms with Gasteiger partial charge in [0.05, 0.1) is 10.6 Å². The minimum atomic E-state index is 0.124. The molecule has 0 aromatic heterocycles. The molecule has 0 aliphatic carbocycles. The summed E-state index contributed by atoms with van der Waals surface area (Å²) in [6.45, 7) is 1.88. The molecular weight excluding hydrogens is 277 g/mol. The molecule has 0 radical (unpaired) electrons. The average Bonchev–Trinajstić information content (AvgIpc) is 2.11. The Morgan fingerprint density at radius 1 is 1.53 bits per heavy atom. The van der Waals surface area contributed by atoms with Crippen molar-refractivity contribution in [1.29, 1.82) is 0 Å². The van der Waals surface area contributed by atoms with Crippen LogP contribution in [0.5, 0.6) is 0 Å². The lowest BCUT2D eigenvalue weighted by atomic mass is 9.94. The van der Waals surface area contributed by atoms with Crippen LogP contribution in [0.15, 0.2) is 22.7 Å². The van der Waals surface area contributed by atoms with Crippen LogP contribution >= 0.6 is 27.5 Å². The third-order valence-corrected chi connectivity index (χ3v) is 3.56. The van der Waals surface area contributed by atoms with Crippen molar-refractivity contribution in [2.24, 2.45) is 5.92 Å². The number of benzene rings is 1. The van der Waals surface area contributed by atoms with E-state index in [0.717, 1.165) is 17.6 Å². The lowest BCUT2D eigenvalue weighted by Gasteiger charge is -2.26. The summed E-state index contributed by atoms with van der Waals surface area (Å²) in [5, 5.41) is 3.68. The lowest BCUT2D eigenvalue weighted by Crippen LogP contribution is -2.43. The number of carbonyl (C=O) groups excluding carboxylic acids is 1. The molecule has 0 bridgehead atoms. The predicted octanol–water partition coefficient (Wildman–Crippen LogP) is 2.89. The van der Waals surface area contributed by atoms with Crippen LogP contribution in [-0.4, -0.2) is 18.9 Å². The van der Waals surface area contributed by atoms with E-state index in [0.29, 0.717) is 22.9 Å². The molecule has 0 saturated carbocycles. The maximum Gasteiger partial charge on any atom is 0.165 e. The third kappa shape index (κ3) is 2.41. The fraction of sp³-hybridized carbons (Fsp3) is 0.364. The van der Waals surface area contributed by atoms with E-state index < -0.39 is 0 Å². The molecule has 80 valence electrons. The Bertz CT molecular complexity index is 370. The number of halogens is 2.